The Morgan fingerprint density at radius 1 is 1.10 bits per heavy atom. The lowest BCUT2D eigenvalue weighted by Crippen LogP contribution is -2.41. The van der Waals surface area contributed by atoms with Crippen LogP contribution in [0.25, 0.3) is 0 Å². The first-order valence-corrected chi connectivity index (χ1v) is 7.37. The lowest BCUT2D eigenvalue weighted by Gasteiger charge is -2.28. The molecule has 0 radical (unpaired) electrons. The largest absolute Gasteiger partial charge is 0.342 e. The zero-order valence-corrected chi connectivity index (χ0v) is 12.3. The molecule has 0 atom stereocenters. The van der Waals surface area contributed by atoms with Crippen molar-refractivity contribution in [3.05, 3.63) is 54.9 Å². The maximum Gasteiger partial charge on any atom is 0.206 e. The Bertz CT molecular complexity index is 589. The van der Waals surface area contributed by atoms with E-state index in [2.05, 4.69) is 27.9 Å². The van der Waals surface area contributed by atoms with E-state index in [9.17, 15) is 0 Å². The molecule has 2 heterocycles. The number of para-hydroxylation sites is 1. The summed E-state index contributed by atoms with van der Waals surface area (Å²) < 4.78 is 0. The first kappa shape index (κ1) is 13.6. The van der Waals surface area contributed by atoms with Crippen LogP contribution in [0.5, 0.6) is 0 Å². The van der Waals surface area contributed by atoms with Crippen molar-refractivity contribution in [3.63, 3.8) is 0 Å². The number of guanidine groups is 1. The van der Waals surface area contributed by atoms with Crippen molar-refractivity contribution < 1.29 is 0 Å². The van der Waals surface area contributed by atoms with E-state index in [-0.39, 0.29) is 0 Å². The van der Waals surface area contributed by atoms with E-state index < -0.39 is 0 Å². The molecule has 1 aliphatic heterocycles. The molecule has 1 aromatic heterocycles. The summed E-state index contributed by atoms with van der Waals surface area (Å²) in [6.07, 6.45) is 6.13. The van der Waals surface area contributed by atoms with Crippen LogP contribution in [-0.2, 0) is 0 Å². The molecule has 0 amide bonds. The summed E-state index contributed by atoms with van der Waals surface area (Å²) in [5.74, 6) is 0.992. The summed E-state index contributed by atoms with van der Waals surface area (Å²) in [5.41, 5.74) is 2.04. The fraction of sp³-hybridized carbons (Fsp3) is 0.294. The molecule has 4 nitrogen and oxygen atoms in total. The fourth-order valence-electron chi connectivity index (χ4n) is 2.56. The second-order valence-electron chi connectivity index (χ2n) is 5.21. The second kappa shape index (κ2) is 6.39. The van der Waals surface area contributed by atoms with Gasteiger partial charge in [-0.05, 0) is 37.1 Å². The van der Waals surface area contributed by atoms with Crippen LogP contribution >= 0.6 is 0 Å². The van der Waals surface area contributed by atoms with Crippen LogP contribution in [0.2, 0.25) is 0 Å². The fourth-order valence-corrected chi connectivity index (χ4v) is 2.56. The molecule has 0 N–H and O–H groups in total. The molecule has 1 fully saturated rings. The van der Waals surface area contributed by atoms with Gasteiger partial charge in [0.15, 0.2) is 0 Å². The van der Waals surface area contributed by atoms with E-state index in [4.69, 9.17) is 4.99 Å². The Hall–Kier alpha value is -2.36. The van der Waals surface area contributed by atoms with Gasteiger partial charge in [-0.1, -0.05) is 18.2 Å². The molecule has 2 aromatic rings. The number of pyridine rings is 1. The third-order valence-electron chi connectivity index (χ3n) is 3.71. The van der Waals surface area contributed by atoms with Gasteiger partial charge in [-0.3, -0.25) is 4.98 Å². The molecule has 0 saturated carbocycles. The molecule has 1 saturated heterocycles. The predicted octanol–water partition coefficient (Wildman–Crippen LogP) is 3.30. The van der Waals surface area contributed by atoms with Gasteiger partial charge < -0.3 is 9.80 Å². The quantitative estimate of drug-likeness (QED) is 0.625. The average Bonchev–Trinajstić information content (AvgIpc) is 3.08. The number of rotatable bonds is 2. The Morgan fingerprint density at radius 3 is 2.52 bits per heavy atom. The first-order chi connectivity index (χ1) is 10.3. The first-order valence-electron chi connectivity index (χ1n) is 7.37. The Labute approximate surface area is 125 Å². The average molecular weight is 280 g/mol. The topological polar surface area (TPSA) is 31.7 Å². The van der Waals surface area contributed by atoms with Gasteiger partial charge in [-0.15, -0.1) is 0 Å². The predicted molar refractivity (Wildman–Crippen MR) is 87.0 cm³/mol. The second-order valence-corrected chi connectivity index (χ2v) is 5.21. The molecule has 0 unspecified atom stereocenters. The number of aliphatic imine (C=N–C) groups is 1. The molecule has 0 spiro atoms. The molecular weight excluding hydrogens is 260 g/mol. The van der Waals surface area contributed by atoms with Crippen molar-refractivity contribution in [2.45, 2.75) is 12.8 Å². The van der Waals surface area contributed by atoms with Crippen molar-refractivity contribution >= 4 is 17.3 Å². The van der Waals surface area contributed by atoms with E-state index in [1.54, 1.807) is 6.20 Å². The molecule has 0 aliphatic carbocycles. The molecule has 1 aromatic carbocycles. The minimum atomic E-state index is 0.982. The number of nitrogens with zero attached hydrogens (tertiary/aromatic N) is 4. The third kappa shape index (κ3) is 3.21. The van der Waals surface area contributed by atoms with Crippen LogP contribution in [0.4, 0.5) is 11.4 Å². The molecular formula is C17H20N4. The van der Waals surface area contributed by atoms with Crippen LogP contribution in [0.3, 0.4) is 0 Å². The lowest BCUT2D eigenvalue weighted by molar-refractivity contribution is 0.510. The van der Waals surface area contributed by atoms with Crippen LogP contribution < -0.4 is 4.90 Å². The maximum atomic E-state index is 4.86. The number of hydrogen-bond acceptors (Lipinski definition) is 2. The zero-order valence-electron chi connectivity index (χ0n) is 12.3. The number of likely N-dealkylation sites (tertiary alicyclic amines) is 1. The molecule has 0 bridgehead atoms. The van der Waals surface area contributed by atoms with Gasteiger partial charge >= 0.3 is 0 Å². The van der Waals surface area contributed by atoms with E-state index in [0.717, 1.165) is 30.4 Å². The van der Waals surface area contributed by atoms with Gasteiger partial charge in [0.05, 0.1) is 17.6 Å². The normalized spacial score (nSPS) is 15.3. The maximum absolute atomic E-state index is 4.86. The number of anilines is 1. The third-order valence-corrected chi connectivity index (χ3v) is 3.71. The highest BCUT2D eigenvalue weighted by atomic mass is 15.4. The molecule has 3 rings (SSSR count). The summed E-state index contributed by atoms with van der Waals surface area (Å²) in [4.78, 5) is 13.5. The Kier molecular flexibility index (Phi) is 4.15. The van der Waals surface area contributed by atoms with Crippen molar-refractivity contribution in [2.75, 3.05) is 25.0 Å². The summed E-state index contributed by atoms with van der Waals surface area (Å²) in [6.45, 7) is 2.13. The van der Waals surface area contributed by atoms with Gasteiger partial charge in [0, 0.05) is 26.3 Å². The minimum absolute atomic E-state index is 0.982. The van der Waals surface area contributed by atoms with Crippen LogP contribution in [-0.4, -0.2) is 36.0 Å². The van der Waals surface area contributed by atoms with Crippen LogP contribution in [0.15, 0.2) is 59.9 Å². The number of aromatic nitrogens is 1. The SMILES string of the molecule is CN(C(=Nc1ccccc1)N1CCCC1)c1cccnc1. The van der Waals surface area contributed by atoms with Gasteiger partial charge in [0.2, 0.25) is 5.96 Å². The van der Waals surface area contributed by atoms with E-state index in [1.165, 1.54) is 12.8 Å². The van der Waals surface area contributed by atoms with Crippen molar-refractivity contribution in [1.82, 2.24) is 9.88 Å². The smallest absolute Gasteiger partial charge is 0.206 e. The van der Waals surface area contributed by atoms with Gasteiger partial charge in [0.1, 0.15) is 0 Å². The molecule has 4 heteroatoms. The Morgan fingerprint density at radius 2 is 1.86 bits per heavy atom. The number of hydrogen-bond donors (Lipinski definition) is 0. The monoisotopic (exact) mass is 280 g/mol. The van der Waals surface area contributed by atoms with Gasteiger partial charge in [-0.2, -0.15) is 0 Å². The summed E-state index contributed by atoms with van der Waals surface area (Å²) in [6, 6.07) is 14.1. The Balaban J connectivity index is 1.94. The van der Waals surface area contributed by atoms with Crippen molar-refractivity contribution in [3.8, 4) is 0 Å². The molecule has 21 heavy (non-hydrogen) atoms. The standard InChI is InChI=1S/C17H20N4/c1-20(16-10-7-11-18-14-16)17(21-12-5-6-13-21)19-15-8-3-2-4-9-15/h2-4,7-11,14H,5-6,12-13H2,1H3. The summed E-state index contributed by atoms with van der Waals surface area (Å²) >= 11 is 0. The summed E-state index contributed by atoms with van der Waals surface area (Å²) in [7, 11) is 2.05. The number of benzene rings is 1. The molecule has 108 valence electrons. The molecule has 1 aliphatic rings. The van der Waals surface area contributed by atoms with Gasteiger partial charge in [-0.25, -0.2) is 4.99 Å². The van der Waals surface area contributed by atoms with Gasteiger partial charge in [0.25, 0.3) is 0 Å². The highest BCUT2D eigenvalue weighted by molar-refractivity contribution is 5.97. The van der Waals surface area contributed by atoms with E-state index in [1.807, 2.05) is 42.6 Å². The van der Waals surface area contributed by atoms with Crippen LogP contribution in [0.1, 0.15) is 12.8 Å². The summed E-state index contributed by atoms with van der Waals surface area (Å²) in [5, 5.41) is 0. The van der Waals surface area contributed by atoms with E-state index in [0.29, 0.717) is 0 Å². The van der Waals surface area contributed by atoms with Crippen molar-refractivity contribution in [1.29, 1.82) is 0 Å². The lowest BCUT2D eigenvalue weighted by atomic mass is 10.3. The highest BCUT2D eigenvalue weighted by Crippen LogP contribution is 2.19. The minimum Gasteiger partial charge on any atom is -0.342 e. The van der Waals surface area contributed by atoms with Crippen LogP contribution in [0, 0.1) is 0 Å². The zero-order chi connectivity index (χ0) is 14.5. The van der Waals surface area contributed by atoms with E-state index >= 15 is 0 Å². The van der Waals surface area contributed by atoms with Crippen molar-refractivity contribution in [2.24, 2.45) is 4.99 Å². The highest BCUT2D eigenvalue weighted by Gasteiger charge is 2.20.